The number of rotatable bonds is 3. The molecular formula is C16H12N2O5. The molecule has 0 aliphatic carbocycles. The fourth-order valence-electron chi connectivity index (χ4n) is 2.16. The predicted molar refractivity (Wildman–Crippen MR) is 80.7 cm³/mol. The summed E-state index contributed by atoms with van der Waals surface area (Å²) in [6, 6.07) is 8.83. The van der Waals surface area contributed by atoms with Gasteiger partial charge < -0.3 is 9.15 Å². The number of urea groups is 1. The molecule has 1 aliphatic heterocycles. The number of anilines is 1. The van der Waals surface area contributed by atoms with E-state index in [0.29, 0.717) is 17.2 Å². The van der Waals surface area contributed by atoms with Gasteiger partial charge in [0.2, 0.25) is 0 Å². The Kier molecular flexibility index (Phi) is 3.68. The van der Waals surface area contributed by atoms with E-state index in [4.69, 9.17) is 9.15 Å². The molecule has 7 nitrogen and oxygen atoms in total. The van der Waals surface area contributed by atoms with Crippen molar-refractivity contribution in [3.63, 3.8) is 0 Å². The van der Waals surface area contributed by atoms with E-state index in [1.807, 2.05) is 0 Å². The van der Waals surface area contributed by atoms with E-state index in [1.54, 1.807) is 30.3 Å². The molecule has 0 unspecified atom stereocenters. The van der Waals surface area contributed by atoms with Gasteiger partial charge in [-0.25, -0.2) is 9.69 Å². The Balaban J connectivity index is 2.01. The van der Waals surface area contributed by atoms with Crippen molar-refractivity contribution >= 4 is 29.6 Å². The molecule has 1 saturated heterocycles. The van der Waals surface area contributed by atoms with E-state index in [0.717, 1.165) is 4.90 Å². The summed E-state index contributed by atoms with van der Waals surface area (Å²) in [5, 5.41) is 2.13. The Morgan fingerprint density at radius 1 is 1.17 bits per heavy atom. The number of nitrogens with zero attached hydrogens (tertiary/aromatic N) is 1. The molecule has 4 amide bonds. The van der Waals surface area contributed by atoms with Crippen LogP contribution >= 0.6 is 0 Å². The molecule has 0 atom stereocenters. The number of furan rings is 1. The van der Waals surface area contributed by atoms with Crippen LogP contribution in [-0.2, 0) is 9.59 Å². The van der Waals surface area contributed by atoms with Gasteiger partial charge in [0.25, 0.3) is 11.8 Å². The number of ether oxygens (including phenoxy) is 1. The zero-order valence-electron chi connectivity index (χ0n) is 12.1. The number of barbiturate groups is 1. The molecule has 1 fully saturated rings. The van der Waals surface area contributed by atoms with Crippen LogP contribution < -0.4 is 15.0 Å². The van der Waals surface area contributed by atoms with Gasteiger partial charge in [0.1, 0.15) is 17.1 Å². The maximum Gasteiger partial charge on any atom is 0.335 e. The summed E-state index contributed by atoms with van der Waals surface area (Å²) in [6.07, 6.45) is 2.71. The average Bonchev–Trinajstić information content (AvgIpc) is 3.04. The Labute approximate surface area is 131 Å². The molecule has 1 aromatic heterocycles. The Morgan fingerprint density at radius 2 is 2.00 bits per heavy atom. The number of imide groups is 2. The average molecular weight is 312 g/mol. The van der Waals surface area contributed by atoms with Gasteiger partial charge in [-0.2, -0.15) is 0 Å². The molecule has 0 saturated carbocycles. The molecule has 2 heterocycles. The number of hydrogen-bond acceptors (Lipinski definition) is 5. The smallest absolute Gasteiger partial charge is 0.335 e. The van der Waals surface area contributed by atoms with Gasteiger partial charge in [-0.1, -0.05) is 6.07 Å². The summed E-state index contributed by atoms with van der Waals surface area (Å²) in [6.45, 7) is 0. The van der Waals surface area contributed by atoms with Gasteiger partial charge in [-0.05, 0) is 30.3 Å². The quantitative estimate of drug-likeness (QED) is 0.691. The number of amides is 4. The van der Waals surface area contributed by atoms with Crippen molar-refractivity contribution < 1.29 is 23.5 Å². The minimum Gasteiger partial charge on any atom is -0.497 e. The SMILES string of the molecule is COc1cccc(N2C(=O)NC(=O)/C(=C\c3ccco3)C2=O)c1. The molecule has 1 N–H and O–H groups in total. The standard InChI is InChI=1S/C16H12N2O5/c1-22-11-5-2-4-10(8-11)18-15(20)13(14(19)17-16(18)21)9-12-6-3-7-23-12/h2-9H,1H3,(H,17,19,21)/b13-9+. The summed E-state index contributed by atoms with van der Waals surface area (Å²) in [5.74, 6) is -0.682. The van der Waals surface area contributed by atoms with Gasteiger partial charge in [0.05, 0.1) is 19.1 Å². The van der Waals surface area contributed by atoms with Gasteiger partial charge >= 0.3 is 6.03 Å². The Hall–Kier alpha value is -3.35. The zero-order valence-corrected chi connectivity index (χ0v) is 12.1. The largest absolute Gasteiger partial charge is 0.497 e. The summed E-state index contributed by atoms with van der Waals surface area (Å²) >= 11 is 0. The van der Waals surface area contributed by atoms with Crippen LogP contribution in [0.5, 0.6) is 5.75 Å². The van der Waals surface area contributed by atoms with Gasteiger partial charge in [-0.3, -0.25) is 14.9 Å². The normalized spacial score (nSPS) is 16.7. The van der Waals surface area contributed by atoms with E-state index in [9.17, 15) is 14.4 Å². The van der Waals surface area contributed by atoms with E-state index in [2.05, 4.69) is 5.32 Å². The van der Waals surface area contributed by atoms with Gasteiger partial charge in [0, 0.05) is 6.07 Å². The monoisotopic (exact) mass is 312 g/mol. The highest BCUT2D eigenvalue weighted by atomic mass is 16.5. The predicted octanol–water partition coefficient (Wildman–Crippen LogP) is 1.95. The van der Waals surface area contributed by atoms with Gasteiger partial charge in [0.15, 0.2) is 0 Å². The number of carbonyl (C=O) groups excluding carboxylic acids is 3. The molecule has 23 heavy (non-hydrogen) atoms. The lowest BCUT2D eigenvalue weighted by molar-refractivity contribution is -0.122. The van der Waals surface area contributed by atoms with Crippen LogP contribution in [0, 0.1) is 0 Å². The lowest BCUT2D eigenvalue weighted by Crippen LogP contribution is -2.54. The molecule has 3 rings (SSSR count). The third kappa shape index (κ3) is 2.71. The second-order valence-electron chi connectivity index (χ2n) is 4.67. The van der Waals surface area contributed by atoms with Crippen LogP contribution in [0.3, 0.4) is 0 Å². The topological polar surface area (TPSA) is 88.8 Å². The first kappa shape index (κ1) is 14.6. The molecule has 1 aliphatic rings. The van der Waals surface area contributed by atoms with E-state index in [1.165, 1.54) is 25.5 Å². The number of nitrogens with one attached hydrogen (secondary N) is 1. The van der Waals surface area contributed by atoms with Gasteiger partial charge in [-0.15, -0.1) is 0 Å². The van der Waals surface area contributed by atoms with E-state index >= 15 is 0 Å². The molecule has 116 valence electrons. The molecule has 0 bridgehead atoms. The first-order chi connectivity index (χ1) is 11.1. The number of hydrogen-bond donors (Lipinski definition) is 1. The maximum absolute atomic E-state index is 12.6. The summed E-state index contributed by atoms with van der Waals surface area (Å²) in [4.78, 5) is 37.4. The van der Waals surface area contributed by atoms with Crippen LogP contribution in [0.4, 0.5) is 10.5 Å². The van der Waals surface area contributed by atoms with Crippen molar-refractivity contribution in [1.82, 2.24) is 5.32 Å². The summed E-state index contributed by atoms with van der Waals surface area (Å²) in [7, 11) is 1.48. The molecule has 2 aromatic rings. The van der Waals surface area contributed by atoms with E-state index < -0.39 is 17.8 Å². The van der Waals surface area contributed by atoms with Crippen molar-refractivity contribution in [2.75, 3.05) is 12.0 Å². The van der Waals surface area contributed by atoms with Crippen molar-refractivity contribution in [3.8, 4) is 5.75 Å². The Bertz CT molecular complexity index is 808. The molecular weight excluding hydrogens is 300 g/mol. The van der Waals surface area contributed by atoms with Crippen LogP contribution in [0.2, 0.25) is 0 Å². The highest BCUT2D eigenvalue weighted by Gasteiger charge is 2.37. The lowest BCUT2D eigenvalue weighted by atomic mass is 10.1. The minimum atomic E-state index is -0.815. The Morgan fingerprint density at radius 3 is 2.70 bits per heavy atom. The van der Waals surface area contributed by atoms with Crippen molar-refractivity contribution in [2.45, 2.75) is 0 Å². The van der Waals surface area contributed by atoms with E-state index in [-0.39, 0.29) is 5.57 Å². The zero-order chi connectivity index (χ0) is 16.4. The minimum absolute atomic E-state index is 0.192. The number of carbonyl (C=O) groups is 3. The second-order valence-corrected chi connectivity index (χ2v) is 4.67. The fourth-order valence-corrected chi connectivity index (χ4v) is 2.16. The van der Waals surface area contributed by atoms with Crippen LogP contribution in [0.1, 0.15) is 5.76 Å². The summed E-state index contributed by atoms with van der Waals surface area (Å²) in [5.41, 5.74) is 0.104. The van der Waals surface area contributed by atoms with Crippen molar-refractivity contribution in [3.05, 3.63) is 54.0 Å². The first-order valence-corrected chi connectivity index (χ1v) is 6.69. The van der Waals surface area contributed by atoms with Crippen LogP contribution in [0.25, 0.3) is 6.08 Å². The van der Waals surface area contributed by atoms with Crippen molar-refractivity contribution in [2.24, 2.45) is 0 Å². The van der Waals surface area contributed by atoms with Crippen LogP contribution in [-0.4, -0.2) is 25.0 Å². The number of benzene rings is 1. The molecule has 0 radical (unpaired) electrons. The first-order valence-electron chi connectivity index (χ1n) is 6.69. The van der Waals surface area contributed by atoms with Crippen molar-refractivity contribution in [1.29, 1.82) is 0 Å². The molecule has 1 aromatic carbocycles. The molecule has 0 spiro atoms. The fraction of sp³-hybridized carbons (Fsp3) is 0.0625. The highest BCUT2D eigenvalue weighted by molar-refractivity contribution is 6.39. The highest BCUT2D eigenvalue weighted by Crippen LogP contribution is 2.25. The third-order valence-corrected chi connectivity index (χ3v) is 3.24. The summed E-state index contributed by atoms with van der Waals surface area (Å²) < 4.78 is 10.2. The molecule has 7 heteroatoms. The second kappa shape index (κ2) is 5.80. The third-order valence-electron chi connectivity index (χ3n) is 3.24. The maximum atomic E-state index is 12.6. The lowest BCUT2D eigenvalue weighted by Gasteiger charge is -2.26. The number of methoxy groups -OCH3 is 1. The van der Waals surface area contributed by atoms with Crippen LogP contribution in [0.15, 0.2) is 52.7 Å².